The van der Waals surface area contributed by atoms with Crippen LogP contribution in [0, 0.1) is 5.92 Å². The normalized spacial score (nSPS) is 16.7. The Labute approximate surface area is 138 Å². The molecular weight excluding hydrogens is 294 g/mol. The van der Waals surface area contributed by atoms with Gasteiger partial charge in [0, 0.05) is 38.4 Å². The van der Waals surface area contributed by atoms with Crippen LogP contribution in [0.1, 0.15) is 26.7 Å². The molecule has 0 aromatic carbocycles. The molecule has 1 fully saturated rings. The predicted molar refractivity (Wildman–Crippen MR) is 90.2 cm³/mol. The van der Waals surface area contributed by atoms with Crippen molar-refractivity contribution in [1.82, 2.24) is 20.0 Å². The van der Waals surface area contributed by atoms with E-state index in [9.17, 15) is 4.79 Å². The van der Waals surface area contributed by atoms with E-state index in [1.807, 2.05) is 6.20 Å². The third-order valence-corrected chi connectivity index (χ3v) is 3.95. The van der Waals surface area contributed by atoms with Crippen LogP contribution >= 0.6 is 0 Å². The Bertz CT molecular complexity index is 481. The number of carbonyl (C=O) groups is 1. The molecule has 1 aromatic rings. The van der Waals surface area contributed by atoms with Crippen LogP contribution in [-0.4, -0.2) is 64.5 Å². The Balaban J connectivity index is 1.73. The number of amides is 1. The number of hydrogen-bond donors (Lipinski definition) is 3. The Morgan fingerprint density at radius 1 is 1.43 bits per heavy atom. The van der Waals surface area contributed by atoms with Gasteiger partial charge in [-0.15, -0.1) is 0 Å². The smallest absolute Gasteiger partial charge is 0.241 e. The molecule has 3 N–H and O–H groups in total. The van der Waals surface area contributed by atoms with E-state index in [1.165, 1.54) is 6.54 Å². The number of likely N-dealkylation sites (tertiary alicyclic amines) is 1. The average molecular weight is 323 g/mol. The van der Waals surface area contributed by atoms with Crippen molar-refractivity contribution >= 4 is 11.6 Å². The molecule has 0 aliphatic carbocycles. The van der Waals surface area contributed by atoms with Crippen molar-refractivity contribution in [3.05, 3.63) is 12.4 Å². The number of aromatic nitrogens is 2. The van der Waals surface area contributed by atoms with E-state index in [0.29, 0.717) is 6.04 Å². The number of nitrogens with one attached hydrogen (secondary N) is 2. The summed E-state index contributed by atoms with van der Waals surface area (Å²) in [5, 5.41) is 19.0. The monoisotopic (exact) mass is 323 g/mol. The summed E-state index contributed by atoms with van der Waals surface area (Å²) in [6.07, 6.45) is 5.89. The molecule has 7 heteroatoms. The highest BCUT2D eigenvalue weighted by molar-refractivity contribution is 5.75. The SMILES string of the molecule is CC(C)CN1CCC(Nc2cnn(CC(=O)NCCO)c2)CC1. The van der Waals surface area contributed by atoms with Gasteiger partial charge in [-0.05, 0) is 18.8 Å². The van der Waals surface area contributed by atoms with E-state index in [-0.39, 0.29) is 25.6 Å². The van der Waals surface area contributed by atoms with Crippen LogP contribution in [0.3, 0.4) is 0 Å². The zero-order valence-corrected chi connectivity index (χ0v) is 14.2. The van der Waals surface area contributed by atoms with Gasteiger partial charge in [-0.25, -0.2) is 0 Å². The Kier molecular flexibility index (Phi) is 6.85. The maximum atomic E-state index is 11.6. The van der Waals surface area contributed by atoms with Gasteiger partial charge in [0.25, 0.3) is 0 Å². The van der Waals surface area contributed by atoms with Crippen LogP contribution in [0.5, 0.6) is 0 Å². The zero-order valence-electron chi connectivity index (χ0n) is 14.2. The summed E-state index contributed by atoms with van der Waals surface area (Å²) in [5.41, 5.74) is 0.960. The van der Waals surface area contributed by atoms with E-state index in [2.05, 4.69) is 34.5 Å². The summed E-state index contributed by atoms with van der Waals surface area (Å²) in [6, 6.07) is 0.472. The number of hydrogen-bond acceptors (Lipinski definition) is 5. The highest BCUT2D eigenvalue weighted by atomic mass is 16.3. The second-order valence-corrected chi connectivity index (χ2v) is 6.61. The van der Waals surface area contributed by atoms with Crippen LogP contribution in [0.15, 0.2) is 12.4 Å². The lowest BCUT2D eigenvalue weighted by Crippen LogP contribution is -2.40. The molecule has 1 amide bonds. The fourth-order valence-corrected chi connectivity index (χ4v) is 2.93. The second kappa shape index (κ2) is 8.88. The van der Waals surface area contributed by atoms with Gasteiger partial charge in [-0.1, -0.05) is 13.8 Å². The quantitative estimate of drug-likeness (QED) is 0.650. The molecule has 0 bridgehead atoms. The fraction of sp³-hybridized carbons (Fsp3) is 0.750. The van der Waals surface area contributed by atoms with Crippen molar-refractivity contribution in [3.8, 4) is 0 Å². The average Bonchev–Trinajstić information content (AvgIpc) is 2.93. The lowest BCUT2D eigenvalue weighted by Gasteiger charge is -2.33. The topological polar surface area (TPSA) is 82.4 Å². The van der Waals surface area contributed by atoms with Crippen molar-refractivity contribution in [3.63, 3.8) is 0 Å². The summed E-state index contributed by atoms with van der Waals surface area (Å²) in [6.45, 7) is 8.36. The third-order valence-electron chi connectivity index (χ3n) is 3.95. The number of rotatable bonds is 8. The third kappa shape index (κ3) is 6.19. The number of anilines is 1. The van der Waals surface area contributed by atoms with Gasteiger partial charge in [0.05, 0.1) is 18.5 Å². The first-order valence-electron chi connectivity index (χ1n) is 8.45. The molecule has 7 nitrogen and oxygen atoms in total. The van der Waals surface area contributed by atoms with Crippen molar-refractivity contribution < 1.29 is 9.90 Å². The van der Waals surface area contributed by atoms with Gasteiger partial charge < -0.3 is 20.6 Å². The van der Waals surface area contributed by atoms with Gasteiger partial charge >= 0.3 is 0 Å². The van der Waals surface area contributed by atoms with Gasteiger partial charge in [0.15, 0.2) is 0 Å². The van der Waals surface area contributed by atoms with E-state index in [0.717, 1.165) is 37.5 Å². The van der Waals surface area contributed by atoms with E-state index in [1.54, 1.807) is 10.9 Å². The lowest BCUT2D eigenvalue weighted by atomic mass is 10.0. The molecule has 130 valence electrons. The molecule has 1 aliphatic heterocycles. The molecule has 1 aliphatic rings. The number of aliphatic hydroxyl groups excluding tert-OH is 1. The fourth-order valence-electron chi connectivity index (χ4n) is 2.93. The van der Waals surface area contributed by atoms with E-state index >= 15 is 0 Å². The molecule has 1 saturated heterocycles. The molecule has 2 heterocycles. The predicted octanol–water partition coefficient (Wildman–Crippen LogP) is 0.524. The first-order valence-corrected chi connectivity index (χ1v) is 8.45. The summed E-state index contributed by atoms with van der Waals surface area (Å²) in [7, 11) is 0. The van der Waals surface area contributed by atoms with Crippen LogP contribution < -0.4 is 10.6 Å². The number of aliphatic hydroxyl groups is 1. The Hall–Kier alpha value is -1.60. The van der Waals surface area contributed by atoms with Crippen molar-refractivity contribution in [2.45, 2.75) is 39.3 Å². The summed E-state index contributed by atoms with van der Waals surface area (Å²) in [4.78, 5) is 14.1. The largest absolute Gasteiger partial charge is 0.395 e. The summed E-state index contributed by atoms with van der Waals surface area (Å²) in [5.74, 6) is 0.574. The van der Waals surface area contributed by atoms with E-state index < -0.39 is 0 Å². The lowest BCUT2D eigenvalue weighted by molar-refractivity contribution is -0.122. The zero-order chi connectivity index (χ0) is 16.7. The Morgan fingerprint density at radius 2 is 2.17 bits per heavy atom. The minimum absolute atomic E-state index is 0.0485. The molecule has 0 saturated carbocycles. The molecule has 0 atom stereocenters. The van der Waals surface area contributed by atoms with Crippen LogP contribution in [0.25, 0.3) is 0 Å². The standard InChI is InChI=1S/C16H29N5O2/c1-13(2)10-20-6-3-14(4-7-20)19-15-9-18-21(11-15)12-16(23)17-5-8-22/h9,11,13-14,19,22H,3-8,10,12H2,1-2H3,(H,17,23). The minimum atomic E-state index is -0.143. The molecule has 0 unspecified atom stereocenters. The maximum Gasteiger partial charge on any atom is 0.241 e. The molecule has 0 spiro atoms. The van der Waals surface area contributed by atoms with Gasteiger partial charge in [0.1, 0.15) is 6.54 Å². The minimum Gasteiger partial charge on any atom is -0.395 e. The van der Waals surface area contributed by atoms with Crippen molar-refractivity contribution in [1.29, 1.82) is 0 Å². The van der Waals surface area contributed by atoms with Crippen LogP contribution in [0.2, 0.25) is 0 Å². The van der Waals surface area contributed by atoms with Crippen LogP contribution in [-0.2, 0) is 11.3 Å². The molecule has 23 heavy (non-hydrogen) atoms. The number of nitrogens with zero attached hydrogens (tertiary/aromatic N) is 3. The summed E-state index contributed by atoms with van der Waals surface area (Å²) < 4.78 is 1.61. The molecule has 1 aromatic heterocycles. The van der Waals surface area contributed by atoms with Gasteiger partial charge in [-0.2, -0.15) is 5.10 Å². The number of piperidine rings is 1. The highest BCUT2D eigenvalue weighted by Crippen LogP contribution is 2.17. The van der Waals surface area contributed by atoms with Gasteiger partial charge in [-0.3, -0.25) is 9.48 Å². The van der Waals surface area contributed by atoms with Crippen molar-refractivity contribution in [2.75, 3.05) is 38.1 Å². The van der Waals surface area contributed by atoms with Crippen LogP contribution in [0.4, 0.5) is 5.69 Å². The first kappa shape index (κ1) is 17.7. The van der Waals surface area contributed by atoms with Crippen molar-refractivity contribution in [2.24, 2.45) is 5.92 Å². The van der Waals surface area contributed by atoms with Gasteiger partial charge in [0.2, 0.25) is 5.91 Å². The maximum absolute atomic E-state index is 11.6. The Morgan fingerprint density at radius 3 is 2.83 bits per heavy atom. The summed E-state index contributed by atoms with van der Waals surface area (Å²) >= 11 is 0. The highest BCUT2D eigenvalue weighted by Gasteiger charge is 2.19. The first-order chi connectivity index (χ1) is 11.1. The molecule has 0 radical (unpaired) electrons. The molecular formula is C16H29N5O2. The molecule has 2 rings (SSSR count). The van der Waals surface area contributed by atoms with E-state index in [4.69, 9.17) is 5.11 Å². The second-order valence-electron chi connectivity index (χ2n) is 6.61. The number of carbonyl (C=O) groups excluding carboxylic acids is 1.